The summed E-state index contributed by atoms with van der Waals surface area (Å²) in [6, 6.07) is 7.80. The lowest BCUT2D eigenvalue weighted by molar-refractivity contribution is 0.422. The number of benzene rings is 1. The van der Waals surface area contributed by atoms with Gasteiger partial charge in [0.05, 0.1) is 16.2 Å². The summed E-state index contributed by atoms with van der Waals surface area (Å²) in [5.74, 6) is 0. The van der Waals surface area contributed by atoms with Crippen molar-refractivity contribution >= 4 is 28.2 Å². The fraction of sp³-hybridized carbons (Fsp3) is 0.438. The smallest absolute Gasteiger partial charge is 0.0948 e. The van der Waals surface area contributed by atoms with Crippen LogP contribution in [0.2, 0.25) is 5.02 Å². The molecule has 2 aromatic rings. The van der Waals surface area contributed by atoms with E-state index in [1.54, 1.807) is 6.20 Å². The van der Waals surface area contributed by atoms with Crippen LogP contribution in [0.5, 0.6) is 0 Å². The number of nitrogens with two attached hydrogens (primary N) is 1. The molecule has 1 aromatic carbocycles. The number of hydrogen-bond donors (Lipinski definition) is 2. The van der Waals surface area contributed by atoms with Gasteiger partial charge in [-0.3, -0.25) is 4.98 Å². The van der Waals surface area contributed by atoms with Gasteiger partial charge < -0.3 is 11.1 Å². The first-order chi connectivity index (χ1) is 9.65. The van der Waals surface area contributed by atoms with Crippen LogP contribution in [-0.4, -0.2) is 17.1 Å². The molecule has 0 aliphatic carbocycles. The van der Waals surface area contributed by atoms with Crippen LogP contribution in [0.1, 0.15) is 33.1 Å². The molecule has 0 spiro atoms. The lowest BCUT2D eigenvalue weighted by Gasteiger charge is -2.34. The van der Waals surface area contributed by atoms with Crippen molar-refractivity contribution in [1.29, 1.82) is 0 Å². The summed E-state index contributed by atoms with van der Waals surface area (Å²) in [5.41, 5.74) is 7.85. The molecule has 0 saturated heterocycles. The van der Waals surface area contributed by atoms with E-state index < -0.39 is 0 Å². The number of nitrogens with one attached hydrogen (secondary N) is 1. The van der Waals surface area contributed by atoms with Gasteiger partial charge in [0.25, 0.3) is 0 Å². The predicted octanol–water partition coefficient (Wildman–Crippen LogP) is 4.21. The summed E-state index contributed by atoms with van der Waals surface area (Å²) in [4.78, 5) is 4.47. The number of aromatic nitrogens is 1. The molecule has 20 heavy (non-hydrogen) atoms. The maximum Gasteiger partial charge on any atom is 0.0948 e. The second-order valence-corrected chi connectivity index (χ2v) is 5.61. The molecule has 0 bridgehead atoms. The normalized spacial score (nSPS) is 14.2. The molecule has 0 amide bonds. The molecule has 1 aromatic heterocycles. The van der Waals surface area contributed by atoms with Crippen molar-refractivity contribution in [2.24, 2.45) is 5.73 Å². The number of fused-ring (bicyclic) bond motifs is 1. The largest absolute Gasteiger partial charge is 0.377 e. The third kappa shape index (κ3) is 2.89. The minimum atomic E-state index is -0.0764. The Kier molecular flexibility index (Phi) is 4.84. The molecule has 3 nitrogen and oxygen atoms in total. The minimum Gasteiger partial charge on any atom is -0.377 e. The van der Waals surface area contributed by atoms with Gasteiger partial charge in [-0.2, -0.15) is 0 Å². The Morgan fingerprint density at radius 1 is 1.30 bits per heavy atom. The van der Waals surface area contributed by atoms with E-state index in [-0.39, 0.29) is 5.54 Å². The molecule has 0 radical (unpaired) electrons. The van der Waals surface area contributed by atoms with Gasteiger partial charge in [0.2, 0.25) is 0 Å². The first kappa shape index (κ1) is 15.1. The summed E-state index contributed by atoms with van der Waals surface area (Å²) >= 11 is 6.24. The van der Waals surface area contributed by atoms with E-state index in [4.69, 9.17) is 17.3 Å². The molecule has 108 valence electrons. The lowest BCUT2D eigenvalue weighted by atomic mass is 9.90. The number of rotatable bonds is 6. The lowest BCUT2D eigenvalue weighted by Crippen LogP contribution is -2.45. The highest BCUT2D eigenvalue weighted by atomic mass is 35.5. The van der Waals surface area contributed by atoms with Crippen LogP contribution >= 0.6 is 11.6 Å². The third-order valence-electron chi connectivity index (χ3n) is 3.91. The van der Waals surface area contributed by atoms with Crippen molar-refractivity contribution in [2.45, 2.75) is 38.6 Å². The molecule has 0 aliphatic rings. The van der Waals surface area contributed by atoms with Crippen LogP contribution < -0.4 is 11.1 Å². The molecular formula is C16H22ClN3. The van der Waals surface area contributed by atoms with Gasteiger partial charge >= 0.3 is 0 Å². The highest BCUT2D eigenvalue weighted by Crippen LogP contribution is 2.31. The van der Waals surface area contributed by atoms with Crippen LogP contribution in [0, 0.1) is 0 Å². The number of nitrogens with zero attached hydrogens (tertiary/aromatic N) is 1. The molecule has 2 rings (SSSR count). The van der Waals surface area contributed by atoms with Crippen LogP contribution in [0.15, 0.2) is 30.5 Å². The van der Waals surface area contributed by atoms with Gasteiger partial charge in [0, 0.05) is 23.7 Å². The Bertz CT molecular complexity index is 579. The molecule has 0 aliphatic heterocycles. The first-order valence-electron chi connectivity index (χ1n) is 7.17. The monoisotopic (exact) mass is 291 g/mol. The topological polar surface area (TPSA) is 50.9 Å². The zero-order valence-corrected chi connectivity index (χ0v) is 12.9. The van der Waals surface area contributed by atoms with Gasteiger partial charge in [-0.25, -0.2) is 0 Å². The van der Waals surface area contributed by atoms with Gasteiger partial charge in [-0.1, -0.05) is 31.9 Å². The van der Waals surface area contributed by atoms with E-state index in [0.29, 0.717) is 6.54 Å². The standard InChI is InChI=1S/C16H22ClN3/c1-3-9-16(4-2,11-18)20-14-8-7-13(17)12-6-5-10-19-15(12)14/h5-8,10,20H,3-4,9,11,18H2,1-2H3. The Balaban J connectivity index is 2.45. The van der Waals surface area contributed by atoms with Gasteiger partial charge in [-0.05, 0) is 37.1 Å². The maximum atomic E-state index is 6.24. The average molecular weight is 292 g/mol. The number of pyridine rings is 1. The van der Waals surface area contributed by atoms with E-state index in [0.717, 1.165) is 40.9 Å². The highest BCUT2D eigenvalue weighted by Gasteiger charge is 2.26. The minimum absolute atomic E-state index is 0.0764. The van der Waals surface area contributed by atoms with Crippen LogP contribution in [-0.2, 0) is 0 Å². The number of hydrogen-bond acceptors (Lipinski definition) is 3. The molecule has 3 N–H and O–H groups in total. The van der Waals surface area contributed by atoms with Gasteiger partial charge in [0.15, 0.2) is 0 Å². The molecule has 1 heterocycles. The average Bonchev–Trinajstić information content (AvgIpc) is 2.50. The van der Waals surface area contributed by atoms with Crippen LogP contribution in [0.4, 0.5) is 5.69 Å². The number of anilines is 1. The Labute approximate surface area is 125 Å². The van der Waals surface area contributed by atoms with Crippen molar-refractivity contribution < 1.29 is 0 Å². The summed E-state index contributed by atoms with van der Waals surface area (Å²) in [6.45, 7) is 4.95. The Morgan fingerprint density at radius 2 is 2.10 bits per heavy atom. The van der Waals surface area contributed by atoms with Crippen LogP contribution in [0.3, 0.4) is 0 Å². The Morgan fingerprint density at radius 3 is 2.75 bits per heavy atom. The van der Waals surface area contributed by atoms with Crippen molar-refractivity contribution in [3.63, 3.8) is 0 Å². The van der Waals surface area contributed by atoms with Gasteiger partial charge in [0.1, 0.15) is 0 Å². The van der Waals surface area contributed by atoms with E-state index >= 15 is 0 Å². The molecule has 0 saturated carbocycles. The van der Waals surface area contributed by atoms with Gasteiger partial charge in [-0.15, -0.1) is 0 Å². The molecule has 1 unspecified atom stereocenters. The fourth-order valence-electron chi connectivity index (χ4n) is 2.63. The van der Waals surface area contributed by atoms with E-state index in [1.165, 1.54) is 0 Å². The third-order valence-corrected chi connectivity index (χ3v) is 4.24. The van der Waals surface area contributed by atoms with Crippen molar-refractivity contribution in [3.05, 3.63) is 35.5 Å². The zero-order chi connectivity index (χ0) is 14.6. The second kappa shape index (κ2) is 6.42. The second-order valence-electron chi connectivity index (χ2n) is 5.21. The SMILES string of the molecule is CCCC(CC)(CN)Nc1ccc(Cl)c2cccnc12. The van der Waals surface area contributed by atoms with E-state index in [1.807, 2.05) is 24.3 Å². The Hall–Kier alpha value is -1.32. The van der Waals surface area contributed by atoms with Crippen molar-refractivity contribution in [3.8, 4) is 0 Å². The zero-order valence-electron chi connectivity index (χ0n) is 12.1. The summed E-state index contributed by atoms with van der Waals surface area (Å²) in [6.07, 6.45) is 4.90. The molecule has 4 heteroatoms. The van der Waals surface area contributed by atoms with Crippen LogP contribution in [0.25, 0.3) is 10.9 Å². The van der Waals surface area contributed by atoms with Crippen molar-refractivity contribution in [1.82, 2.24) is 4.98 Å². The van der Waals surface area contributed by atoms with E-state index in [2.05, 4.69) is 24.1 Å². The first-order valence-corrected chi connectivity index (χ1v) is 7.55. The molecule has 0 fully saturated rings. The molecule has 1 atom stereocenters. The van der Waals surface area contributed by atoms with E-state index in [9.17, 15) is 0 Å². The summed E-state index contributed by atoms with van der Waals surface area (Å²) in [7, 11) is 0. The quantitative estimate of drug-likeness (QED) is 0.838. The maximum absolute atomic E-state index is 6.24. The summed E-state index contributed by atoms with van der Waals surface area (Å²) < 4.78 is 0. The predicted molar refractivity (Wildman–Crippen MR) is 87.4 cm³/mol. The number of halogens is 1. The summed E-state index contributed by atoms with van der Waals surface area (Å²) in [5, 5.41) is 5.31. The molecular weight excluding hydrogens is 270 g/mol. The van der Waals surface area contributed by atoms with Crippen molar-refractivity contribution in [2.75, 3.05) is 11.9 Å². The highest BCUT2D eigenvalue weighted by molar-refractivity contribution is 6.35. The fourth-order valence-corrected chi connectivity index (χ4v) is 2.84.